The van der Waals surface area contributed by atoms with Crippen molar-refractivity contribution in [2.45, 2.75) is 94.8 Å². The minimum Gasteiger partial charge on any atom is -0.350 e. The number of fused-ring (bicyclic) bond motifs is 1. The molecule has 3 heterocycles. The summed E-state index contributed by atoms with van der Waals surface area (Å²) in [6.07, 6.45) is 5.50. The molecule has 5 atom stereocenters. The molecule has 2 aromatic carbocycles. The van der Waals surface area contributed by atoms with Gasteiger partial charge < -0.3 is 40.9 Å². The van der Waals surface area contributed by atoms with Gasteiger partial charge in [-0.15, -0.1) is 0 Å². The molecule has 2 saturated heterocycles. The third kappa shape index (κ3) is 10.6. The Morgan fingerprint density at radius 2 is 1.61 bits per heavy atom. The highest BCUT2D eigenvalue weighted by Gasteiger charge is 2.45. The normalized spacial score (nSPS) is 20.0. The Labute approximate surface area is 295 Å². The number of nitrogens with zero attached hydrogens (tertiary/aromatic N) is 2. The SMILES string of the molecule is CC(=O)N[C@@H](Cc1ccc(CP(=O)(O)O)cc1)C(=O)N[C@H]1CCCC2CC[C@@H](C(=O)N[C@@H](Cc3cnc[nH]3)C(=O)NCc3ccccc3)N2C1=O. The molecule has 1 aromatic heterocycles. The maximum absolute atomic E-state index is 14.1. The minimum atomic E-state index is -4.25. The Hall–Kier alpha value is -4.85. The number of rotatable bonds is 14. The van der Waals surface area contributed by atoms with Gasteiger partial charge >= 0.3 is 7.60 Å². The number of imidazole rings is 1. The van der Waals surface area contributed by atoms with E-state index < -0.39 is 61.6 Å². The van der Waals surface area contributed by atoms with Crippen molar-refractivity contribution < 1.29 is 38.3 Å². The maximum Gasteiger partial charge on any atom is 0.329 e. The van der Waals surface area contributed by atoms with E-state index in [1.165, 1.54) is 13.3 Å². The lowest BCUT2D eigenvalue weighted by atomic mass is 10.0. The van der Waals surface area contributed by atoms with E-state index in [0.717, 1.165) is 5.56 Å². The van der Waals surface area contributed by atoms with Crippen molar-refractivity contribution in [2.75, 3.05) is 0 Å². The second kappa shape index (κ2) is 16.9. The number of amides is 5. The summed E-state index contributed by atoms with van der Waals surface area (Å²) in [6.45, 7) is 1.55. The predicted octanol–water partition coefficient (Wildman–Crippen LogP) is 1.21. The number of hydrogen-bond acceptors (Lipinski definition) is 7. The summed E-state index contributed by atoms with van der Waals surface area (Å²) >= 11 is 0. The van der Waals surface area contributed by atoms with Gasteiger partial charge in [0.1, 0.15) is 24.2 Å². The van der Waals surface area contributed by atoms with Crippen molar-refractivity contribution in [1.82, 2.24) is 36.1 Å². The van der Waals surface area contributed by atoms with Gasteiger partial charge in [-0.1, -0.05) is 54.6 Å². The molecular weight excluding hydrogens is 677 g/mol. The summed E-state index contributed by atoms with van der Waals surface area (Å²) < 4.78 is 11.4. The van der Waals surface area contributed by atoms with Gasteiger partial charge in [0.2, 0.25) is 29.5 Å². The van der Waals surface area contributed by atoms with Gasteiger partial charge in [-0.05, 0) is 48.8 Å². The minimum absolute atomic E-state index is 0.0734. The van der Waals surface area contributed by atoms with Crippen molar-refractivity contribution in [3.05, 3.63) is 89.5 Å². The van der Waals surface area contributed by atoms with E-state index in [4.69, 9.17) is 0 Å². The molecule has 5 amide bonds. The van der Waals surface area contributed by atoms with E-state index in [1.807, 2.05) is 30.3 Å². The van der Waals surface area contributed by atoms with Crippen molar-refractivity contribution >= 4 is 37.1 Å². The Morgan fingerprint density at radius 3 is 2.27 bits per heavy atom. The van der Waals surface area contributed by atoms with Crippen molar-refractivity contribution in [2.24, 2.45) is 0 Å². The van der Waals surface area contributed by atoms with E-state index in [-0.39, 0.29) is 31.3 Å². The molecule has 2 aliphatic rings. The van der Waals surface area contributed by atoms with Gasteiger partial charge in [0.15, 0.2) is 0 Å². The standard InChI is InChI=1S/C35H44N7O8P/c1-22(43)39-29(16-23-10-12-25(13-11-23)20-51(48,49)50)33(45)40-28-9-5-8-27-14-15-31(42(27)35(28)47)34(46)41-30(17-26-19-36-21-38-26)32(44)37-18-24-6-3-2-4-7-24/h2-4,6-7,10-13,19,21,27-31H,5,8-9,14-18,20H2,1H3,(H,36,38)(H,37,44)(H,39,43)(H,40,45)(H,41,46)(H2,48,49,50)/t27?,28-,29-,30-,31-/m0/s1. The third-order valence-corrected chi connectivity index (χ3v) is 9.95. The van der Waals surface area contributed by atoms with Gasteiger partial charge in [-0.2, -0.15) is 0 Å². The lowest BCUT2D eigenvalue weighted by Crippen LogP contribution is -2.58. The topological polar surface area (TPSA) is 223 Å². The summed E-state index contributed by atoms with van der Waals surface area (Å²) in [6, 6.07) is 11.8. The van der Waals surface area contributed by atoms with Crippen LogP contribution >= 0.6 is 7.60 Å². The van der Waals surface area contributed by atoms with E-state index in [9.17, 15) is 38.3 Å². The van der Waals surface area contributed by atoms with E-state index >= 15 is 0 Å². The summed E-state index contributed by atoms with van der Waals surface area (Å²) in [7, 11) is -4.25. The van der Waals surface area contributed by atoms with E-state index in [0.29, 0.717) is 48.9 Å². The zero-order chi connectivity index (χ0) is 36.5. The largest absolute Gasteiger partial charge is 0.350 e. The first-order valence-corrected chi connectivity index (χ1v) is 18.8. The Morgan fingerprint density at radius 1 is 0.902 bits per heavy atom. The van der Waals surface area contributed by atoms with E-state index in [1.54, 1.807) is 35.4 Å². The molecule has 1 unspecified atom stereocenters. The third-order valence-electron chi connectivity index (χ3n) is 9.17. The van der Waals surface area contributed by atoms with Crippen LogP contribution < -0.4 is 21.3 Å². The van der Waals surface area contributed by atoms with Crippen LogP contribution in [-0.2, 0) is 54.1 Å². The highest BCUT2D eigenvalue weighted by Crippen LogP contribution is 2.39. The average molecular weight is 722 g/mol. The number of aromatic nitrogens is 2. The van der Waals surface area contributed by atoms with Crippen LogP contribution in [0.1, 0.15) is 61.4 Å². The van der Waals surface area contributed by atoms with Crippen LogP contribution in [-0.4, -0.2) is 84.4 Å². The van der Waals surface area contributed by atoms with Crippen LogP contribution in [0.15, 0.2) is 67.1 Å². The smallest absolute Gasteiger partial charge is 0.329 e. The second-order valence-electron chi connectivity index (χ2n) is 13.1. The molecule has 0 saturated carbocycles. The molecule has 51 heavy (non-hydrogen) atoms. The first-order chi connectivity index (χ1) is 24.4. The monoisotopic (exact) mass is 721 g/mol. The van der Waals surface area contributed by atoms with Crippen molar-refractivity contribution in [3.63, 3.8) is 0 Å². The number of hydrogen-bond donors (Lipinski definition) is 7. The number of H-pyrrole nitrogens is 1. The molecule has 15 nitrogen and oxygen atoms in total. The zero-order valence-electron chi connectivity index (χ0n) is 28.3. The van der Waals surface area contributed by atoms with Crippen LogP contribution in [0.3, 0.4) is 0 Å². The molecule has 5 rings (SSSR count). The lowest BCUT2D eigenvalue weighted by molar-refractivity contribution is -0.143. The molecule has 7 N–H and O–H groups in total. The van der Waals surface area contributed by atoms with Crippen LogP contribution in [0.2, 0.25) is 0 Å². The van der Waals surface area contributed by atoms with Gasteiger partial charge in [-0.25, -0.2) is 4.98 Å². The lowest BCUT2D eigenvalue weighted by Gasteiger charge is -2.32. The van der Waals surface area contributed by atoms with Crippen LogP contribution in [0, 0.1) is 0 Å². The average Bonchev–Trinajstić information content (AvgIpc) is 3.73. The van der Waals surface area contributed by atoms with Gasteiger partial charge in [0, 0.05) is 44.2 Å². The highest BCUT2D eigenvalue weighted by molar-refractivity contribution is 7.50. The summed E-state index contributed by atoms with van der Waals surface area (Å²) in [5.41, 5.74) is 2.62. The fourth-order valence-corrected chi connectivity index (χ4v) is 7.42. The molecule has 3 aromatic rings. The molecule has 2 aliphatic heterocycles. The Balaban J connectivity index is 1.26. The van der Waals surface area contributed by atoms with Crippen LogP contribution in [0.4, 0.5) is 0 Å². The predicted molar refractivity (Wildman–Crippen MR) is 185 cm³/mol. The summed E-state index contributed by atoms with van der Waals surface area (Å²) in [4.78, 5) is 94.0. The second-order valence-corrected chi connectivity index (χ2v) is 14.8. The fourth-order valence-electron chi connectivity index (χ4n) is 6.74. The number of benzene rings is 2. The molecule has 0 radical (unpaired) electrons. The van der Waals surface area contributed by atoms with Gasteiger partial charge in [0.05, 0.1) is 12.5 Å². The zero-order valence-corrected chi connectivity index (χ0v) is 29.2. The number of carbonyl (C=O) groups excluding carboxylic acids is 5. The maximum atomic E-state index is 14.1. The molecular formula is C35H44N7O8P. The molecule has 272 valence electrons. The molecule has 0 spiro atoms. The quantitative estimate of drug-likeness (QED) is 0.119. The van der Waals surface area contributed by atoms with Gasteiger partial charge in [0.25, 0.3) is 0 Å². The summed E-state index contributed by atoms with van der Waals surface area (Å²) in [5.74, 6) is -2.27. The van der Waals surface area contributed by atoms with Crippen molar-refractivity contribution in [1.29, 1.82) is 0 Å². The molecule has 2 fully saturated rings. The summed E-state index contributed by atoms with van der Waals surface area (Å²) in [5, 5.41) is 11.2. The highest BCUT2D eigenvalue weighted by atomic mass is 31.2. The number of nitrogens with one attached hydrogen (secondary N) is 5. The molecule has 0 bridgehead atoms. The van der Waals surface area contributed by atoms with E-state index in [2.05, 4.69) is 31.2 Å². The number of aromatic amines is 1. The first kappa shape index (κ1) is 37.4. The number of carbonyl (C=O) groups is 5. The molecule has 16 heteroatoms. The fraction of sp³-hybridized carbons (Fsp3) is 0.429. The Kier molecular flexibility index (Phi) is 12.4. The molecule has 0 aliphatic carbocycles. The Bertz CT molecular complexity index is 1730. The van der Waals surface area contributed by atoms with Gasteiger partial charge in [-0.3, -0.25) is 28.5 Å². The van der Waals surface area contributed by atoms with Crippen LogP contribution in [0.25, 0.3) is 0 Å². The first-order valence-electron chi connectivity index (χ1n) is 17.0. The van der Waals surface area contributed by atoms with Crippen molar-refractivity contribution in [3.8, 4) is 0 Å². The van der Waals surface area contributed by atoms with Crippen LogP contribution in [0.5, 0.6) is 0 Å².